The van der Waals surface area contributed by atoms with Crippen LogP contribution in [0.2, 0.25) is 0 Å². The lowest BCUT2D eigenvalue weighted by atomic mass is 10.1. The smallest absolute Gasteiger partial charge is 0.251 e. The maximum Gasteiger partial charge on any atom is 0.251 e. The first kappa shape index (κ1) is 19.2. The van der Waals surface area contributed by atoms with E-state index in [-0.39, 0.29) is 5.91 Å². The first-order valence-electron chi connectivity index (χ1n) is 9.69. The van der Waals surface area contributed by atoms with Gasteiger partial charge in [-0.15, -0.1) is 0 Å². The Bertz CT molecular complexity index is 921. The standard InChI is InChI=1S/C23H29N3O/c1-5-26(6-2)15-19-9-7-18(8-10-19)14-24-23(27)20-11-12-22-21(13-20)16(3)17(4)25-22/h7-13,25H,5-6,14-15H2,1-4H3,(H,24,27). The monoisotopic (exact) mass is 363 g/mol. The molecule has 2 N–H and O–H groups in total. The number of hydrogen-bond acceptors (Lipinski definition) is 2. The van der Waals surface area contributed by atoms with E-state index in [1.54, 1.807) is 0 Å². The number of aryl methyl sites for hydroxylation is 2. The molecule has 4 nitrogen and oxygen atoms in total. The van der Waals surface area contributed by atoms with Crippen molar-refractivity contribution in [3.63, 3.8) is 0 Å². The molecule has 0 spiro atoms. The molecular weight excluding hydrogens is 334 g/mol. The van der Waals surface area contributed by atoms with Crippen LogP contribution in [0.5, 0.6) is 0 Å². The fourth-order valence-electron chi connectivity index (χ4n) is 3.35. The molecule has 0 aliphatic heterocycles. The van der Waals surface area contributed by atoms with E-state index in [0.717, 1.165) is 41.8 Å². The van der Waals surface area contributed by atoms with Crippen molar-refractivity contribution >= 4 is 16.8 Å². The number of aromatic amines is 1. The summed E-state index contributed by atoms with van der Waals surface area (Å²) >= 11 is 0. The molecule has 0 saturated carbocycles. The zero-order chi connectivity index (χ0) is 19.4. The number of benzene rings is 2. The van der Waals surface area contributed by atoms with Gasteiger partial charge in [0.15, 0.2) is 0 Å². The van der Waals surface area contributed by atoms with Gasteiger partial charge in [-0.3, -0.25) is 9.69 Å². The molecular formula is C23H29N3O. The number of H-pyrrole nitrogens is 1. The molecule has 142 valence electrons. The third-order valence-electron chi connectivity index (χ3n) is 5.35. The van der Waals surface area contributed by atoms with Crippen molar-refractivity contribution in [1.29, 1.82) is 0 Å². The fraction of sp³-hybridized carbons (Fsp3) is 0.348. The van der Waals surface area contributed by atoms with Crippen molar-refractivity contribution in [3.05, 3.63) is 70.4 Å². The summed E-state index contributed by atoms with van der Waals surface area (Å²) in [6, 6.07) is 14.3. The highest BCUT2D eigenvalue weighted by Gasteiger charge is 2.10. The summed E-state index contributed by atoms with van der Waals surface area (Å²) in [5.74, 6) is -0.0395. The fourth-order valence-corrected chi connectivity index (χ4v) is 3.35. The molecule has 0 aliphatic carbocycles. The molecule has 3 aromatic rings. The van der Waals surface area contributed by atoms with E-state index in [4.69, 9.17) is 0 Å². The number of nitrogens with zero attached hydrogens (tertiary/aromatic N) is 1. The SMILES string of the molecule is CCN(CC)Cc1ccc(CNC(=O)c2ccc3[nH]c(C)c(C)c3c2)cc1. The molecule has 0 saturated heterocycles. The summed E-state index contributed by atoms with van der Waals surface area (Å²) in [6.45, 7) is 12.1. The van der Waals surface area contributed by atoms with Gasteiger partial charge in [-0.2, -0.15) is 0 Å². The van der Waals surface area contributed by atoms with Gasteiger partial charge in [0.2, 0.25) is 0 Å². The summed E-state index contributed by atoms with van der Waals surface area (Å²) in [4.78, 5) is 18.3. The lowest BCUT2D eigenvalue weighted by Gasteiger charge is -2.18. The Morgan fingerprint density at radius 2 is 1.67 bits per heavy atom. The number of rotatable bonds is 7. The van der Waals surface area contributed by atoms with Crippen LogP contribution in [0.3, 0.4) is 0 Å². The van der Waals surface area contributed by atoms with Gasteiger partial charge in [0.05, 0.1) is 0 Å². The van der Waals surface area contributed by atoms with Gasteiger partial charge < -0.3 is 10.3 Å². The predicted octanol–water partition coefficient (Wildman–Crippen LogP) is 4.56. The first-order chi connectivity index (χ1) is 13.0. The van der Waals surface area contributed by atoms with E-state index in [1.807, 2.05) is 18.2 Å². The molecule has 1 amide bonds. The molecule has 1 heterocycles. The number of nitrogens with one attached hydrogen (secondary N) is 2. The number of fused-ring (bicyclic) bond motifs is 1. The van der Waals surface area contributed by atoms with Crippen molar-refractivity contribution in [2.45, 2.75) is 40.8 Å². The van der Waals surface area contributed by atoms with Crippen LogP contribution in [-0.4, -0.2) is 28.9 Å². The molecule has 0 fully saturated rings. The number of carbonyl (C=O) groups is 1. The van der Waals surface area contributed by atoms with Gasteiger partial charge in [0.25, 0.3) is 5.91 Å². The van der Waals surface area contributed by atoms with Gasteiger partial charge in [-0.05, 0) is 61.8 Å². The van der Waals surface area contributed by atoms with E-state index in [1.165, 1.54) is 11.1 Å². The van der Waals surface area contributed by atoms with Crippen LogP contribution in [-0.2, 0) is 13.1 Å². The normalized spacial score (nSPS) is 11.3. The van der Waals surface area contributed by atoms with Crippen LogP contribution in [0.4, 0.5) is 0 Å². The van der Waals surface area contributed by atoms with Crippen LogP contribution < -0.4 is 5.32 Å². The summed E-state index contributed by atoms with van der Waals surface area (Å²) in [5, 5.41) is 4.14. The van der Waals surface area contributed by atoms with Crippen molar-refractivity contribution < 1.29 is 4.79 Å². The lowest BCUT2D eigenvalue weighted by molar-refractivity contribution is 0.0951. The molecule has 2 aromatic carbocycles. The van der Waals surface area contributed by atoms with Crippen LogP contribution in [0.15, 0.2) is 42.5 Å². The predicted molar refractivity (Wildman–Crippen MR) is 112 cm³/mol. The molecule has 0 bridgehead atoms. The number of amides is 1. The number of carbonyl (C=O) groups excluding carboxylic acids is 1. The molecule has 0 radical (unpaired) electrons. The van der Waals surface area contributed by atoms with Gasteiger partial charge in [0.1, 0.15) is 0 Å². The Hall–Kier alpha value is -2.59. The second-order valence-electron chi connectivity index (χ2n) is 7.10. The van der Waals surface area contributed by atoms with E-state index >= 15 is 0 Å². The largest absolute Gasteiger partial charge is 0.358 e. The van der Waals surface area contributed by atoms with E-state index in [2.05, 4.69) is 67.2 Å². The highest BCUT2D eigenvalue weighted by atomic mass is 16.1. The highest BCUT2D eigenvalue weighted by Crippen LogP contribution is 2.22. The van der Waals surface area contributed by atoms with Crippen LogP contribution >= 0.6 is 0 Å². The maximum atomic E-state index is 12.5. The molecule has 1 aromatic heterocycles. The summed E-state index contributed by atoms with van der Waals surface area (Å²) in [5.41, 5.74) is 6.53. The Morgan fingerprint density at radius 1 is 1.00 bits per heavy atom. The number of hydrogen-bond donors (Lipinski definition) is 2. The molecule has 0 atom stereocenters. The third-order valence-corrected chi connectivity index (χ3v) is 5.35. The van der Waals surface area contributed by atoms with Crippen molar-refractivity contribution in [1.82, 2.24) is 15.2 Å². The molecule has 0 unspecified atom stereocenters. The Morgan fingerprint density at radius 3 is 2.33 bits per heavy atom. The third kappa shape index (κ3) is 4.40. The zero-order valence-corrected chi connectivity index (χ0v) is 16.7. The Balaban J connectivity index is 1.62. The molecule has 27 heavy (non-hydrogen) atoms. The van der Waals surface area contributed by atoms with Crippen molar-refractivity contribution in [2.75, 3.05) is 13.1 Å². The molecule has 4 heteroatoms. The number of aromatic nitrogens is 1. The minimum atomic E-state index is -0.0395. The van der Waals surface area contributed by atoms with Gasteiger partial charge >= 0.3 is 0 Å². The van der Waals surface area contributed by atoms with Gasteiger partial charge in [-0.25, -0.2) is 0 Å². The Labute approximate surface area is 161 Å². The van der Waals surface area contributed by atoms with Crippen LogP contribution in [0, 0.1) is 13.8 Å². The minimum Gasteiger partial charge on any atom is -0.358 e. The molecule has 3 rings (SSSR count). The topological polar surface area (TPSA) is 48.1 Å². The lowest BCUT2D eigenvalue weighted by Crippen LogP contribution is -2.23. The van der Waals surface area contributed by atoms with Crippen LogP contribution in [0.25, 0.3) is 10.9 Å². The highest BCUT2D eigenvalue weighted by molar-refractivity contribution is 5.99. The van der Waals surface area contributed by atoms with Crippen molar-refractivity contribution in [3.8, 4) is 0 Å². The minimum absolute atomic E-state index is 0.0395. The summed E-state index contributed by atoms with van der Waals surface area (Å²) in [7, 11) is 0. The second kappa shape index (κ2) is 8.40. The summed E-state index contributed by atoms with van der Waals surface area (Å²) in [6.07, 6.45) is 0. The van der Waals surface area contributed by atoms with Gasteiger partial charge in [-0.1, -0.05) is 38.1 Å². The average molecular weight is 364 g/mol. The van der Waals surface area contributed by atoms with Gasteiger partial charge in [0, 0.05) is 35.2 Å². The quantitative estimate of drug-likeness (QED) is 0.647. The Kier molecular flexibility index (Phi) is 5.97. The van der Waals surface area contributed by atoms with E-state index in [0.29, 0.717) is 12.1 Å². The first-order valence-corrected chi connectivity index (χ1v) is 9.69. The average Bonchev–Trinajstić information content (AvgIpc) is 2.98. The molecule has 0 aliphatic rings. The summed E-state index contributed by atoms with van der Waals surface area (Å²) < 4.78 is 0. The van der Waals surface area contributed by atoms with E-state index in [9.17, 15) is 4.79 Å². The zero-order valence-electron chi connectivity index (χ0n) is 16.7. The van der Waals surface area contributed by atoms with Crippen LogP contribution in [0.1, 0.15) is 46.6 Å². The van der Waals surface area contributed by atoms with E-state index < -0.39 is 0 Å². The second-order valence-corrected chi connectivity index (χ2v) is 7.10. The van der Waals surface area contributed by atoms with Crippen molar-refractivity contribution in [2.24, 2.45) is 0 Å². The maximum absolute atomic E-state index is 12.5.